The van der Waals surface area contributed by atoms with E-state index in [1.807, 2.05) is 51.2 Å². The van der Waals surface area contributed by atoms with E-state index in [-0.39, 0.29) is 5.91 Å². The fraction of sp³-hybridized carbons (Fsp3) is 0.250. The van der Waals surface area contributed by atoms with E-state index in [0.29, 0.717) is 12.1 Å². The maximum atomic E-state index is 12.3. The summed E-state index contributed by atoms with van der Waals surface area (Å²) in [5, 5.41) is 5.95. The third-order valence-electron chi connectivity index (χ3n) is 3.22. The van der Waals surface area contributed by atoms with Gasteiger partial charge in [-0.05, 0) is 37.6 Å². The molecule has 1 aromatic heterocycles. The minimum absolute atomic E-state index is 0.0943. The molecule has 2 aromatic rings. The number of rotatable bonds is 4. The molecule has 0 aliphatic heterocycles. The fourth-order valence-corrected chi connectivity index (χ4v) is 2.03. The van der Waals surface area contributed by atoms with Crippen LogP contribution in [0.15, 0.2) is 36.5 Å². The highest BCUT2D eigenvalue weighted by Crippen LogP contribution is 2.16. The first kappa shape index (κ1) is 14.1. The second kappa shape index (κ2) is 6.19. The summed E-state index contributed by atoms with van der Waals surface area (Å²) in [6.45, 7) is 4.39. The molecule has 0 fully saturated rings. The molecule has 4 heteroatoms. The van der Waals surface area contributed by atoms with E-state index in [0.717, 1.165) is 22.5 Å². The van der Waals surface area contributed by atoms with Crippen LogP contribution < -0.4 is 10.6 Å². The maximum absolute atomic E-state index is 12.3. The molecule has 1 amide bonds. The molecule has 0 unspecified atom stereocenters. The smallest absolute Gasteiger partial charge is 0.253 e. The summed E-state index contributed by atoms with van der Waals surface area (Å²) in [6, 6.07) is 9.65. The van der Waals surface area contributed by atoms with Crippen molar-refractivity contribution in [1.82, 2.24) is 10.3 Å². The molecule has 0 saturated carbocycles. The molecule has 1 aromatic carbocycles. The highest BCUT2D eigenvalue weighted by Gasteiger charge is 2.11. The standard InChI is InChI=1S/C16H19N3O/c1-11-6-7-14(17-3)13(9-11)16(20)19-10-15-12(2)5-4-8-18-15/h4-9,17H,10H2,1-3H3,(H,19,20). The number of benzene rings is 1. The van der Waals surface area contributed by atoms with Crippen LogP contribution in [0.5, 0.6) is 0 Å². The Bertz CT molecular complexity index is 623. The summed E-state index contributed by atoms with van der Waals surface area (Å²) in [6.07, 6.45) is 1.74. The Kier molecular flexibility index (Phi) is 4.35. The Hall–Kier alpha value is -2.36. The molecular weight excluding hydrogens is 250 g/mol. The van der Waals surface area contributed by atoms with Crippen LogP contribution in [0.25, 0.3) is 0 Å². The molecule has 0 aliphatic carbocycles. The van der Waals surface area contributed by atoms with Gasteiger partial charge in [-0.3, -0.25) is 9.78 Å². The molecule has 104 valence electrons. The third-order valence-corrected chi connectivity index (χ3v) is 3.22. The minimum Gasteiger partial charge on any atom is -0.387 e. The van der Waals surface area contributed by atoms with Gasteiger partial charge >= 0.3 is 0 Å². The zero-order chi connectivity index (χ0) is 14.5. The molecule has 0 saturated heterocycles. The molecule has 1 heterocycles. The average molecular weight is 269 g/mol. The van der Waals surface area contributed by atoms with Crippen LogP contribution in [-0.2, 0) is 6.54 Å². The van der Waals surface area contributed by atoms with Crippen molar-refractivity contribution in [3.63, 3.8) is 0 Å². The second-order valence-electron chi connectivity index (χ2n) is 4.75. The summed E-state index contributed by atoms with van der Waals surface area (Å²) < 4.78 is 0. The van der Waals surface area contributed by atoms with Crippen molar-refractivity contribution < 1.29 is 4.79 Å². The van der Waals surface area contributed by atoms with Gasteiger partial charge in [0.25, 0.3) is 5.91 Å². The van der Waals surface area contributed by atoms with Crippen LogP contribution in [-0.4, -0.2) is 17.9 Å². The number of amides is 1. The molecule has 2 rings (SSSR count). The molecule has 4 nitrogen and oxygen atoms in total. The second-order valence-corrected chi connectivity index (χ2v) is 4.75. The summed E-state index contributed by atoms with van der Waals surface area (Å²) in [4.78, 5) is 16.6. The SMILES string of the molecule is CNc1ccc(C)cc1C(=O)NCc1ncccc1C. The maximum Gasteiger partial charge on any atom is 0.253 e. The lowest BCUT2D eigenvalue weighted by Gasteiger charge is -2.11. The quantitative estimate of drug-likeness (QED) is 0.897. The van der Waals surface area contributed by atoms with Gasteiger partial charge in [0, 0.05) is 18.9 Å². The number of anilines is 1. The highest BCUT2D eigenvalue weighted by atomic mass is 16.1. The van der Waals surface area contributed by atoms with Gasteiger partial charge in [0.05, 0.1) is 17.8 Å². The zero-order valence-corrected chi connectivity index (χ0v) is 12.0. The van der Waals surface area contributed by atoms with Crippen molar-refractivity contribution in [3.8, 4) is 0 Å². The third kappa shape index (κ3) is 3.15. The van der Waals surface area contributed by atoms with Gasteiger partial charge in [-0.2, -0.15) is 0 Å². The van der Waals surface area contributed by atoms with E-state index < -0.39 is 0 Å². The van der Waals surface area contributed by atoms with Crippen molar-refractivity contribution in [2.45, 2.75) is 20.4 Å². The van der Waals surface area contributed by atoms with Crippen LogP contribution in [0.1, 0.15) is 27.2 Å². The number of hydrogen-bond donors (Lipinski definition) is 2. The van der Waals surface area contributed by atoms with Crippen molar-refractivity contribution in [3.05, 3.63) is 58.9 Å². The highest BCUT2D eigenvalue weighted by molar-refractivity contribution is 5.99. The first-order chi connectivity index (χ1) is 9.61. The lowest BCUT2D eigenvalue weighted by molar-refractivity contribution is 0.0951. The number of hydrogen-bond acceptors (Lipinski definition) is 3. The largest absolute Gasteiger partial charge is 0.387 e. The molecule has 0 atom stereocenters. The van der Waals surface area contributed by atoms with Crippen LogP contribution in [0.4, 0.5) is 5.69 Å². The van der Waals surface area contributed by atoms with Gasteiger partial charge in [0.15, 0.2) is 0 Å². The Morgan fingerprint density at radius 2 is 2.05 bits per heavy atom. The fourth-order valence-electron chi connectivity index (χ4n) is 2.03. The van der Waals surface area contributed by atoms with Crippen molar-refractivity contribution >= 4 is 11.6 Å². The number of nitrogens with zero attached hydrogens (tertiary/aromatic N) is 1. The molecule has 0 radical (unpaired) electrons. The first-order valence-corrected chi connectivity index (χ1v) is 6.59. The van der Waals surface area contributed by atoms with Crippen LogP contribution in [0.2, 0.25) is 0 Å². The summed E-state index contributed by atoms with van der Waals surface area (Å²) >= 11 is 0. The van der Waals surface area contributed by atoms with Gasteiger partial charge in [0.2, 0.25) is 0 Å². The summed E-state index contributed by atoms with van der Waals surface area (Å²) in [5.74, 6) is -0.0943. The van der Waals surface area contributed by atoms with Gasteiger partial charge in [-0.1, -0.05) is 17.7 Å². The monoisotopic (exact) mass is 269 g/mol. The minimum atomic E-state index is -0.0943. The topological polar surface area (TPSA) is 54.0 Å². The Morgan fingerprint density at radius 1 is 1.25 bits per heavy atom. The van der Waals surface area contributed by atoms with Crippen LogP contribution in [0.3, 0.4) is 0 Å². The van der Waals surface area contributed by atoms with Crippen molar-refractivity contribution in [2.24, 2.45) is 0 Å². The van der Waals surface area contributed by atoms with Crippen molar-refractivity contribution in [1.29, 1.82) is 0 Å². The number of nitrogens with one attached hydrogen (secondary N) is 2. The number of aryl methyl sites for hydroxylation is 2. The average Bonchev–Trinajstić information content (AvgIpc) is 2.46. The van der Waals surface area contributed by atoms with Gasteiger partial charge in [0.1, 0.15) is 0 Å². The molecule has 0 aliphatic rings. The lowest BCUT2D eigenvalue weighted by Crippen LogP contribution is -2.24. The van der Waals surface area contributed by atoms with Gasteiger partial charge in [-0.15, -0.1) is 0 Å². The lowest BCUT2D eigenvalue weighted by atomic mass is 10.1. The van der Waals surface area contributed by atoms with E-state index >= 15 is 0 Å². The number of pyridine rings is 1. The Balaban J connectivity index is 2.13. The number of aromatic nitrogens is 1. The number of carbonyl (C=O) groups is 1. The van der Waals surface area contributed by atoms with Gasteiger partial charge < -0.3 is 10.6 Å². The Morgan fingerprint density at radius 3 is 2.75 bits per heavy atom. The molecule has 2 N–H and O–H groups in total. The van der Waals surface area contributed by atoms with E-state index in [1.165, 1.54) is 0 Å². The van der Waals surface area contributed by atoms with E-state index in [2.05, 4.69) is 15.6 Å². The predicted octanol–water partition coefficient (Wildman–Crippen LogP) is 2.67. The van der Waals surface area contributed by atoms with Crippen LogP contribution >= 0.6 is 0 Å². The van der Waals surface area contributed by atoms with E-state index in [4.69, 9.17) is 0 Å². The normalized spacial score (nSPS) is 10.2. The van der Waals surface area contributed by atoms with Crippen LogP contribution in [0, 0.1) is 13.8 Å². The van der Waals surface area contributed by atoms with Gasteiger partial charge in [-0.25, -0.2) is 0 Å². The number of carbonyl (C=O) groups excluding carboxylic acids is 1. The zero-order valence-electron chi connectivity index (χ0n) is 12.0. The first-order valence-electron chi connectivity index (χ1n) is 6.59. The predicted molar refractivity (Wildman–Crippen MR) is 80.9 cm³/mol. The molecular formula is C16H19N3O. The molecule has 20 heavy (non-hydrogen) atoms. The van der Waals surface area contributed by atoms with E-state index in [9.17, 15) is 4.79 Å². The summed E-state index contributed by atoms with van der Waals surface area (Å²) in [7, 11) is 1.81. The molecule has 0 spiro atoms. The van der Waals surface area contributed by atoms with E-state index in [1.54, 1.807) is 6.20 Å². The molecule has 0 bridgehead atoms. The Labute approximate surface area is 119 Å². The summed E-state index contributed by atoms with van der Waals surface area (Å²) in [5.41, 5.74) is 4.50. The van der Waals surface area contributed by atoms with Crippen molar-refractivity contribution in [2.75, 3.05) is 12.4 Å².